The third kappa shape index (κ3) is 3.63. The van der Waals surface area contributed by atoms with Crippen molar-refractivity contribution < 1.29 is 9.63 Å². The lowest BCUT2D eigenvalue weighted by atomic mass is 10.0. The van der Waals surface area contributed by atoms with Gasteiger partial charge in [-0.3, -0.25) is 0 Å². The fourth-order valence-corrected chi connectivity index (χ4v) is 3.01. The number of aliphatic hydroxyl groups excluding tert-OH is 1. The van der Waals surface area contributed by atoms with E-state index in [2.05, 4.69) is 39.9 Å². The second-order valence-electron chi connectivity index (χ2n) is 4.60. The molecule has 0 aliphatic rings. The summed E-state index contributed by atoms with van der Waals surface area (Å²) in [4.78, 5) is 5.25. The van der Waals surface area contributed by atoms with Crippen LogP contribution in [0.4, 0.5) is 0 Å². The van der Waals surface area contributed by atoms with Crippen molar-refractivity contribution in [2.45, 2.75) is 32.8 Å². The standard InChI is InChI=1S/C12H15BrN2O2S/c1-7(2)5-8(16)6-11-14-12(15-17-11)9-3-4-10(13)18-9/h3-4,7-8,16H,5-6H2,1-2H3. The van der Waals surface area contributed by atoms with E-state index in [1.54, 1.807) is 11.3 Å². The molecule has 0 bridgehead atoms. The lowest BCUT2D eigenvalue weighted by molar-refractivity contribution is 0.138. The molecule has 0 saturated heterocycles. The Balaban J connectivity index is 2.02. The van der Waals surface area contributed by atoms with E-state index in [-0.39, 0.29) is 0 Å². The van der Waals surface area contributed by atoms with Gasteiger partial charge in [0, 0.05) is 0 Å². The number of thiophene rings is 1. The van der Waals surface area contributed by atoms with Crippen molar-refractivity contribution >= 4 is 27.3 Å². The molecule has 2 aromatic heterocycles. The number of aromatic nitrogens is 2. The number of rotatable bonds is 5. The number of halogens is 1. The van der Waals surface area contributed by atoms with E-state index < -0.39 is 6.10 Å². The van der Waals surface area contributed by atoms with Crippen LogP contribution in [0.5, 0.6) is 0 Å². The lowest BCUT2D eigenvalue weighted by Crippen LogP contribution is -2.13. The van der Waals surface area contributed by atoms with Gasteiger partial charge in [0.05, 0.1) is 21.2 Å². The summed E-state index contributed by atoms with van der Waals surface area (Å²) in [5.74, 6) is 1.52. The third-order valence-electron chi connectivity index (χ3n) is 2.42. The minimum atomic E-state index is -0.423. The van der Waals surface area contributed by atoms with Crippen LogP contribution in [0.3, 0.4) is 0 Å². The van der Waals surface area contributed by atoms with Crippen LogP contribution in [-0.4, -0.2) is 21.4 Å². The molecule has 0 fully saturated rings. The summed E-state index contributed by atoms with van der Waals surface area (Å²) in [6.45, 7) is 4.15. The van der Waals surface area contributed by atoms with Gasteiger partial charge in [0.2, 0.25) is 11.7 Å². The van der Waals surface area contributed by atoms with Crippen LogP contribution in [0.1, 0.15) is 26.2 Å². The molecule has 6 heteroatoms. The largest absolute Gasteiger partial charge is 0.393 e. The Morgan fingerprint density at radius 2 is 2.22 bits per heavy atom. The molecule has 1 N–H and O–H groups in total. The molecule has 18 heavy (non-hydrogen) atoms. The molecule has 4 nitrogen and oxygen atoms in total. The van der Waals surface area contributed by atoms with E-state index in [1.165, 1.54) is 0 Å². The summed E-state index contributed by atoms with van der Waals surface area (Å²) in [7, 11) is 0. The van der Waals surface area contributed by atoms with Crippen LogP contribution in [0.25, 0.3) is 10.7 Å². The first-order chi connectivity index (χ1) is 8.54. The van der Waals surface area contributed by atoms with Crippen LogP contribution < -0.4 is 0 Å². The van der Waals surface area contributed by atoms with Crippen molar-refractivity contribution in [1.82, 2.24) is 10.1 Å². The van der Waals surface area contributed by atoms with Crippen LogP contribution in [0, 0.1) is 5.92 Å². The van der Waals surface area contributed by atoms with E-state index in [4.69, 9.17) is 4.52 Å². The van der Waals surface area contributed by atoms with Gasteiger partial charge in [-0.1, -0.05) is 19.0 Å². The molecule has 1 unspecified atom stereocenters. The maximum Gasteiger partial charge on any atom is 0.229 e. The second kappa shape index (κ2) is 5.95. The number of hydrogen-bond acceptors (Lipinski definition) is 5. The fourth-order valence-electron chi connectivity index (χ4n) is 1.70. The van der Waals surface area contributed by atoms with Gasteiger partial charge in [-0.25, -0.2) is 0 Å². The van der Waals surface area contributed by atoms with Crippen LogP contribution >= 0.6 is 27.3 Å². The Morgan fingerprint density at radius 1 is 1.44 bits per heavy atom. The van der Waals surface area contributed by atoms with Crippen molar-refractivity contribution in [3.05, 3.63) is 21.8 Å². The van der Waals surface area contributed by atoms with Crippen molar-refractivity contribution in [3.8, 4) is 10.7 Å². The molecule has 0 spiro atoms. The SMILES string of the molecule is CC(C)CC(O)Cc1nc(-c2ccc(Br)s2)no1. The molecule has 0 aliphatic heterocycles. The first-order valence-corrected chi connectivity index (χ1v) is 7.42. The first kappa shape index (κ1) is 13.7. The fraction of sp³-hybridized carbons (Fsp3) is 0.500. The van der Waals surface area contributed by atoms with E-state index in [0.717, 1.165) is 15.1 Å². The van der Waals surface area contributed by atoms with Crippen molar-refractivity contribution in [2.75, 3.05) is 0 Å². The van der Waals surface area contributed by atoms with E-state index in [9.17, 15) is 5.11 Å². The maximum absolute atomic E-state index is 9.82. The smallest absolute Gasteiger partial charge is 0.229 e. The van der Waals surface area contributed by atoms with Crippen molar-refractivity contribution in [1.29, 1.82) is 0 Å². The average Bonchev–Trinajstić information content (AvgIpc) is 2.85. The molecular formula is C12H15BrN2O2S. The third-order valence-corrected chi connectivity index (χ3v) is 4.04. The van der Waals surface area contributed by atoms with E-state index >= 15 is 0 Å². The number of aliphatic hydroxyl groups is 1. The van der Waals surface area contributed by atoms with Gasteiger partial charge >= 0.3 is 0 Å². The molecule has 2 aromatic rings. The zero-order valence-corrected chi connectivity index (χ0v) is 12.7. The van der Waals surface area contributed by atoms with Gasteiger partial charge in [0.25, 0.3) is 0 Å². The molecule has 0 radical (unpaired) electrons. The highest BCUT2D eigenvalue weighted by atomic mass is 79.9. The van der Waals surface area contributed by atoms with Crippen molar-refractivity contribution in [3.63, 3.8) is 0 Å². The van der Waals surface area contributed by atoms with Gasteiger partial charge in [-0.05, 0) is 40.4 Å². The Labute approximate surface area is 118 Å². The minimum Gasteiger partial charge on any atom is -0.393 e. The van der Waals surface area contributed by atoms with Gasteiger partial charge in [0.1, 0.15) is 0 Å². The zero-order chi connectivity index (χ0) is 13.1. The highest BCUT2D eigenvalue weighted by Crippen LogP contribution is 2.29. The quantitative estimate of drug-likeness (QED) is 0.911. The van der Waals surface area contributed by atoms with Gasteiger partial charge in [-0.2, -0.15) is 4.98 Å². The summed E-state index contributed by atoms with van der Waals surface area (Å²) in [6, 6.07) is 3.89. The topological polar surface area (TPSA) is 59.2 Å². The summed E-state index contributed by atoms with van der Waals surface area (Å²) in [5.41, 5.74) is 0. The van der Waals surface area contributed by atoms with Gasteiger partial charge < -0.3 is 9.63 Å². The molecule has 98 valence electrons. The summed E-state index contributed by atoms with van der Waals surface area (Å²) >= 11 is 4.95. The molecule has 0 aromatic carbocycles. The Kier molecular flexibility index (Phi) is 4.53. The predicted molar refractivity (Wildman–Crippen MR) is 74.5 cm³/mol. The molecule has 0 saturated carbocycles. The summed E-state index contributed by atoms with van der Waals surface area (Å²) < 4.78 is 6.18. The van der Waals surface area contributed by atoms with E-state index in [0.29, 0.717) is 24.1 Å². The van der Waals surface area contributed by atoms with Gasteiger partial charge in [-0.15, -0.1) is 11.3 Å². The lowest BCUT2D eigenvalue weighted by Gasteiger charge is -2.09. The monoisotopic (exact) mass is 330 g/mol. The summed E-state index contributed by atoms with van der Waals surface area (Å²) in [6.07, 6.45) is 0.730. The Bertz CT molecular complexity index is 510. The van der Waals surface area contributed by atoms with Crippen LogP contribution in [-0.2, 0) is 6.42 Å². The van der Waals surface area contributed by atoms with Crippen LogP contribution in [0.15, 0.2) is 20.4 Å². The molecule has 2 rings (SSSR count). The Hall–Kier alpha value is -0.720. The highest BCUT2D eigenvalue weighted by molar-refractivity contribution is 9.11. The highest BCUT2D eigenvalue weighted by Gasteiger charge is 2.15. The van der Waals surface area contributed by atoms with Gasteiger partial charge in [0.15, 0.2) is 0 Å². The van der Waals surface area contributed by atoms with Crippen molar-refractivity contribution in [2.24, 2.45) is 5.92 Å². The normalized spacial score (nSPS) is 13.2. The molecule has 0 amide bonds. The summed E-state index contributed by atoms with van der Waals surface area (Å²) in [5, 5.41) is 13.7. The predicted octanol–water partition coefficient (Wildman–Crippen LogP) is 3.51. The average molecular weight is 331 g/mol. The molecule has 2 heterocycles. The first-order valence-electron chi connectivity index (χ1n) is 5.81. The maximum atomic E-state index is 9.82. The van der Waals surface area contributed by atoms with E-state index in [1.807, 2.05) is 12.1 Å². The zero-order valence-electron chi connectivity index (χ0n) is 10.3. The number of hydrogen-bond donors (Lipinski definition) is 1. The number of nitrogens with zero attached hydrogens (tertiary/aromatic N) is 2. The Morgan fingerprint density at radius 3 is 2.83 bits per heavy atom. The molecule has 0 aliphatic carbocycles. The molecular weight excluding hydrogens is 316 g/mol. The minimum absolute atomic E-state index is 0.414. The molecule has 1 atom stereocenters. The second-order valence-corrected chi connectivity index (χ2v) is 7.07. The van der Waals surface area contributed by atoms with Crippen LogP contribution in [0.2, 0.25) is 0 Å².